The molecule has 1 atom stereocenters. The van der Waals surface area contributed by atoms with Crippen LogP contribution in [0.4, 0.5) is 0 Å². The lowest BCUT2D eigenvalue weighted by molar-refractivity contribution is 0.380. The van der Waals surface area contributed by atoms with Crippen LogP contribution in [0, 0.1) is 0 Å². The molecule has 8 heteroatoms. The lowest BCUT2D eigenvalue weighted by Gasteiger charge is -2.07. The van der Waals surface area contributed by atoms with Crippen molar-refractivity contribution in [1.82, 2.24) is 30.3 Å². The third-order valence-electron chi connectivity index (χ3n) is 3.78. The fraction of sp³-hybridized carbons (Fsp3) is 0.167. The maximum absolute atomic E-state index is 5.43. The molecule has 7 nitrogen and oxygen atoms in total. The summed E-state index contributed by atoms with van der Waals surface area (Å²) in [6.07, 6.45) is 0. The summed E-state index contributed by atoms with van der Waals surface area (Å²) in [6.45, 7) is 2.61. The van der Waals surface area contributed by atoms with Gasteiger partial charge in [-0.1, -0.05) is 77.6 Å². The summed E-state index contributed by atoms with van der Waals surface area (Å²) in [6, 6.07) is 19.8. The summed E-state index contributed by atoms with van der Waals surface area (Å²) < 4.78 is 7.20. The molecule has 130 valence electrons. The van der Waals surface area contributed by atoms with Gasteiger partial charge in [0.2, 0.25) is 16.9 Å². The van der Waals surface area contributed by atoms with E-state index in [9.17, 15) is 0 Å². The monoisotopic (exact) mass is 364 g/mol. The van der Waals surface area contributed by atoms with Gasteiger partial charge in [0.05, 0.1) is 11.8 Å². The molecule has 0 radical (unpaired) electrons. The highest BCUT2D eigenvalue weighted by molar-refractivity contribution is 7.99. The Hall–Kier alpha value is -3.00. The second kappa shape index (κ2) is 7.49. The third-order valence-corrected chi connectivity index (χ3v) is 4.84. The van der Waals surface area contributed by atoms with Crippen LogP contribution in [0.1, 0.15) is 23.6 Å². The van der Waals surface area contributed by atoms with Crippen LogP contribution in [0.2, 0.25) is 0 Å². The average Bonchev–Trinajstić information content (AvgIpc) is 3.34. The predicted molar refractivity (Wildman–Crippen MR) is 97.4 cm³/mol. The van der Waals surface area contributed by atoms with Gasteiger partial charge in [-0.2, -0.15) is 4.98 Å². The van der Waals surface area contributed by atoms with Crippen LogP contribution < -0.4 is 0 Å². The van der Waals surface area contributed by atoms with E-state index in [-0.39, 0.29) is 5.25 Å². The molecule has 0 amide bonds. The molecular formula is C18H16N6OS. The molecule has 0 saturated carbocycles. The highest BCUT2D eigenvalue weighted by atomic mass is 32.2. The third kappa shape index (κ3) is 3.65. The maximum atomic E-state index is 5.43. The van der Waals surface area contributed by atoms with E-state index in [1.165, 1.54) is 11.8 Å². The number of hydrogen-bond donors (Lipinski definition) is 0. The predicted octanol–water partition coefficient (Wildman–Crippen LogP) is 3.62. The first kappa shape index (κ1) is 16.5. The van der Waals surface area contributed by atoms with E-state index in [0.29, 0.717) is 23.4 Å². The molecule has 4 rings (SSSR count). The Kier molecular flexibility index (Phi) is 4.74. The molecule has 1 unspecified atom stereocenters. The van der Waals surface area contributed by atoms with Crippen molar-refractivity contribution < 1.29 is 4.52 Å². The molecule has 0 N–H and O–H groups in total. The van der Waals surface area contributed by atoms with Crippen LogP contribution in [-0.2, 0) is 6.54 Å². The molecule has 0 fully saturated rings. The van der Waals surface area contributed by atoms with E-state index in [1.54, 1.807) is 4.68 Å². The van der Waals surface area contributed by atoms with Crippen molar-refractivity contribution in [2.24, 2.45) is 0 Å². The molecule has 4 aromatic rings. The average molecular weight is 364 g/mol. The van der Waals surface area contributed by atoms with Crippen molar-refractivity contribution >= 4 is 11.8 Å². The number of benzene rings is 2. The first-order valence-electron chi connectivity index (χ1n) is 8.15. The maximum Gasteiger partial charge on any atom is 0.240 e. The van der Waals surface area contributed by atoms with Crippen LogP contribution in [0.25, 0.3) is 11.4 Å². The van der Waals surface area contributed by atoms with E-state index in [0.717, 1.165) is 11.1 Å². The second-order valence-electron chi connectivity index (χ2n) is 5.69. The molecule has 2 aromatic heterocycles. The number of hydrogen-bond acceptors (Lipinski definition) is 7. The van der Waals surface area contributed by atoms with Gasteiger partial charge in [-0.25, -0.2) is 4.68 Å². The van der Waals surface area contributed by atoms with Crippen LogP contribution in [-0.4, -0.2) is 30.3 Å². The van der Waals surface area contributed by atoms with Crippen LogP contribution in [0.15, 0.2) is 70.3 Å². The van der Waals surface area contributed by atoms with Gasteiger partial charge in [-0.05, 0) is 22.9 Å². The number of rotatable bonds is 6. The minimum atomic E-state index is -0.0690. The van der Waals surface area contributed by atoms with E-state index in [4.69, 9.17) is 4.52 Å². The second-order valence-corrected chi connectivity index (χ2v) is 6.99. The number of thioether (sulfide) groups is 1. The summed E-state index contributed by atoms with van der Waals surface area (Å²) in [5.41, 5.74) is 2.06. The Balaban J connectivity index is 1.48. The Morgan fingerprint density at radius 3 is 2.54 bits per heavy atom. The Morgan fingerprint density at radius 2 is 1.77 bits per heavy atom. The standard InChI is InChI=1S/C18H16N6OS/c1-13(17-19-16(21-25-17)15-10-6-3-7-11-15)26-18-20-22-23-24(18)12-14-8-4-2-5-9-14/h2-11,13H,12H2,1H3. The van der Waals surface area contributed by atoms with Gasteiger partial charge in [-0.3, -0.25) is 0 Å². The lowest BCUT2D eigenvalue weighted by Crippen LogP contribution is -2.04. The quantitative estimate of drug-likeness (QED) is 0.483. The molecular weight excluding hydrogens is 348 g/mol. The van der Waals surface area contributed by atoms with Crippen LogP contribution >= 0.6 is 11.8 Å². The zero-order valence-corrected chi connectivity index (χ0v) is 14.9. The molecule has 0 aliphatic heterocycles. The number of nitrogens with zero attached hydrogens (tertiary/aromatic N) is 6. The Bertz CT molecular complexity index is 970. The SMILES string of the molecule is CC(Sc1nnnn1Cc1ccccc1)c1nc(-c2ccccc2)no1. The minimum absolute atomic E-state index is 0.0690. The van der Waals surface area contributed by atoms with E-state index in [1.807, 2.05) is 67.6 Å². The first-order valence-corrected chi connectivity index (χ1v) is 9.03. The highest BCUT2D eigenvalue weighted by Crippen LogP contribution is 2.33. The van der Waals surface area contributed by atoms with Crippen LogP contribution in [0.5, 0.6) is 0 Å². The van der Waals surface area contributed by atoms with Gasteiger partial charge in [0, 0.05) is 5.56 Å². The first-order chi connectivity index (χ1) is 12.8. The molecule has 26 heavy (non-hydrogen) atoms. The zero-order chi connectivity index (χ0) is 17.8. The molecule has 0 aliphatic rings. The van der Waals surface area contributed by atoms with Gasteiger partial charge >= 0.3 is 0 Å². The summed E-state index contributed by atoms with van der Waals surface area (Å²) in [5, 5.41) is 16.7. The van der Waals surface area contributed by atoms with Crippen molar-refractivity contribution in [3.63, 3.8) is 0 Å². The summed E-state index contributed by atoms with van der Waals surface area (Å²) in [5.74, 6) is 1.13. The molecule has 2 aromatic carbocycles. The van der Waals surface area contributed by atoms with E-state index >= 15 is 0 Å². The molecule has 0 aliphatic carbocycles. The van der Waals surface area contributed by atoms with Gasteiger partial charge in [0.1, 0.15) is 0 Å². The van der Waals surface area contributed by atoms with Crippen LogP contribution in [0.3, 0.4) is 0 Å². The fourth-order valence-corrected chi connectivity index (χ4v) is 3.27. The molecule has 0 spiro atoms. The molecule has 2 heterocycles. The highest BCUT2D eigenvalue weighted by Gasteiger charge is 2.20. The fourth-order valence-electron chi connectivity index (χ4n) is 2.45. The van der Waals surface area contributed by atoms with Crippen molar-refractivity contribution in [3.05, 3.63) is 72.1 Å². The lowest BCUT2D eigenvalue weighted by atomic mass is 10.2. The number of aromatic nitrogens is 6. The summed E-state index contributed by atoms with van der Waals surface area (Å²) >= 11 is 1.49. The largest absolute Gasteiger partial charge is 0.338 e. The van der Waals surface area contributed by atoms with Gasteiger partial charge < -0.3 is 4.52 Å². The van der Waals surface area contributed by atoms with Crippen molar-refractivity contribution in [1.29, 1.82) is 0 Å². The summed E-state index contributed by atoms with van der Waals surface area (Å²) in [7, 11) is 0. The zero-order valence-electron chi connectivity index (χ0n) is 14.1. The van der Waals surface area contributed by atoms with Crippen molar-refractivity contribution in [2.75, 3.05) is 0 Å². The summed E-state index contributed by atoms with van der Waals surface area (Å²) in [4.78, 5) is 4.50. The smallest absolute Gasteiger partial charge is 0.240 e. The van der Waals surface area contributed by atoms with Gasteiger partial charge in [-0.15, -0.1) is 5.10 Å². The number of tetrazole rings is 1. The van der Waals surface area contributed by atoms with E-state index < -0.39 is 0 Å². The minimum Gasteiger partial charge on any atom is -0.338 e. The van der Waals surface area contributed by atoms with E-state index in [2.05, 4.69) is 25.7 Å². The molecule has 0 saturated heterocycles. The van der Waals surface area contributed by atoms with Crippen molar-refractivity contribution in [3.8, 4) is 11.4 Å². The van der Waals surface area contributed by atoms with Gasteiger partial charge in [0.15, 0.2) is 0 Å². The topological polar surface area (TPSA) is 82.5 Å². The van der Waals surface area contributed by atoms with Crippen molar-refractivity contribution in [2.45, 2.75) is 23.9 Å². The Morgan fingerprint density at radius 1 is 1.04 bits per heavy atom. The Labute approximate surface area is 154 Å². The van der Waals surface area contributed by atoms with Gasteiger partial charge in [0.25, 0.3) is 0 Å². The molecule has 0 bridgehead atoms. The normalized spacial score (nSPS) is 12.2.